The number of aromatic amines is 1. The topological polar surface area (TPSA) is 107 Å². The molecule has 0 spiro atoms. The van der Waals surface area contributed by atoms with Crippen molar-refractivity contribution in [2.75, 3.05) is 13.1 Å². The van der Waals surface area contributed by atoms with Crippen molar-refractivity contribution in [2.24, 2.45) is 5.92 Å². The summed E-state index contributed by atoms with van der Waals surface area (Å²) in [5.74, 6) is -1.01. The second-order valence-electron chi connectivity index (χ2n) is 7.38. The number of aliphatic carboxylic acids is 2. The lowest BCUT2D eigenvalue weighted by atomic mass is 9.86. The Hall–Kier alpha value is -2.22. The van der Waals surface area contributed by atoms with Crippen molar-refractivity contribution in [2.45, 2.75) is 57.3 Å². The molecule has 1 saturated heterocycles. The molecule has 0 aromatic carbocycles. The third-order valence-electron chi connectivity index (χ3n) is 5.36. The predicted molar refractivity (Wildman–Crippen MR) is 110 cm³/mol. The van der Waals surface area contributed by atoms with Gasteiger partial charge < -0.3 is 20.1 Å². The molecule has 1 aromatic heterocycles. The van der Waals surface area contributed by atoms with Crippen molar-refractivity contribution in [3.05, 3.63) is 30.4 Å². The van der Waals surface area contributed by atoms with Gasteiger partial charge in [0.15, 0.2) is 0 Å². The molecule has 2 heterocycles. The highest BCUT2D eigenvalue weighted by Crippen LogP contribution is 2.30. The van der Waals surface area contributed by atoms with E-state index in [9.17, 15) is 9.59 Å². The molecule has 1 aromatic rings. The Morgan fingerprint density at radius 2 is 1.71 bits per heavy atom. The van der Waals surface area contributed by atoms with E-state index in [0.717, 1.165) is 25.4 Å². The largest absolute Gasteiger partial charge is 0.478 e. The predicted octanol–water partition coefficient (Wildman–Crippen LogP) is 3.60. The van der Waals surface area contributed by atoms with Crippen LogP contribution in [0.3, 0.4) is 0 Å². The lowest BCUT2D eigenvalue weighted by Gasteiger charge is -2.35. The minimum atomic E-state index is -1.26. The maximum atomic E-state index is 9.55. The third-order valence-corrected chi connectivity index (χ3v) is 5.79. The molecule has 0 unspecified atom stereocenters. The molecule has 1 saturated carbocycles. The van der Waals surface area contributed by atoms with Gasteiger partial charge in [-0.3, -0.25) is 0 Å². The van der Waals surface area contributed by atoms with Crippen LogP contribution in [0, 0.1) is 5.92 Å². The number of carbonyl (C=O) groups is 2. The van der Waals surface area contributed by atoms with Gasteiger partial charge in [-0.2, -0.15) is 0 Å². The second kappa shape index (κ2) is 11.6. The number of H-pyrrole nitrogens is 1. The molecule has 0 amide bonds. The summed E-state index contributed by atoms with van der Waals surface area (Å²) in [7, 11) is 0. The number of thiocarbonyl (C=S) groups is 1. The second-order valence-corrected chi connectivity index (χ2v) is 7.85. The number of nitrogens with zero attached hydrogens (tertiary/aromatic N) is 2. The first-order chi connectivity index (χ1) is 13.5. The van der Waals surface area contributed by atoms with Crippen molar-refractivity contribution < 1.29 is 19.8 Å². The van der Waals surface area contributed by atoms with Gasteiger partial charge >= 0.3 is 11.9 Å². The molecular formula is C20H29N3O4S. The zero-order chi connectivity index (χ0) is 20.4. The normalized spacial score (nSPS) is 18.5. The summed E-state index contributed by atoms with van der Waals surface area (Å²) in [5.41, 5.74) is 1.29. The summed E-state index contributed by atoms with van der Waals surface area (Å²) in [6.07, 6.45) is 15.5. The fourth-order valence-corrected chi connectivity index (χ4v) is 4.26. The fraction of sp³-hybridized carbons (Fsp3) is 0.600. The highest BCUT2D eigenvalue weighted by atomic mass is 32.1. The third kappa shape index (κ3) is 7.80. The fourth-order valence-electron chi connectivity index (χ4n) is 3.84. The van der Waals surface area contributed by atoms with Crippen LogP contribution in [0.25, 0.3) is 0 Å². The molecule has 1 aliphatic heterocycles. The maximum Gasteiger partial charge on any atom is 0.328 e. The Morgan fingerprint density at radius 1 is 1.11 bits per heavy atom. The summed E-state index contributed by atoms with van der Waals surface area (Å²) >= 11 is 5.70. The molecule has 3 rings (SSSR count). The first-order valence-corrected chi connectivity index (χ1v) is 10.3. The van der Waals surface area contributed by atoms with Crippen LogP contribution in [0.15, 0.2) is 24.7 Å². The van der Waals surface area contributed by atoms with Crippen LogP contribution in [0.4, 0.5) is 0 Å². The number of rotatable bonds is 5. The quantitative estimate of drug-likeness (QED) is 0.506. The number of hydrogen-bond donors (Lipinski definition) is 3. The molecule has 3 N–H and O–H groups in total. The van der Waals surface area contributed by atoms with Gasteiger partial charge in [0.05, 0.1) is 11.3 Å². The summed E-state index contributed by atoms with van der Waals surface area (Å²) in [6.45, 7) is 2.24. The molecule has 154 valence electrons. The van der Waals surface area contributed by atoms with Gasteiger partial charge in [0.2, 0.25) is 0 Å². The number of carboxylic acid groups (broad SMARTS) is 2. The van der Waals surface area contributed by atoms with Crippen molar-refractivity contribution in [3.8, 4) is 0 Å². The monoisotopic (exact) mass is 407 g/mol. The molecule has 8 heteroatoms. The van der Waals surface area contributed by atoms with E-state index in [1.165, 1.54) is 55.6 Å². The average molecular weight is 408 g/mol. The van der Waals surface area contributed by atoms with Crippen LogP contribution in [0.1, 0.15) is 63.0 Å². The molecule has 2 fully saturated rings. The standard InChI is InChI=1S/C16H25N3S.C4H4O4/c20-16(10-13-4-2-1-3-5-13)19-8-6-14(7-9-19)15-11-17-12-18-15;5-3(6)1-2-4(7)8/h11-14H,1-10H2,(H,17,18);1-2H,(H,5,6)(H,7,8). The first-order valence-electron chi connectivity index (χ1n) is 9.85. The van der Waals surface area contributed by atoms with E-state index in [4.69, 9.17) is 22.4 Å². The van der Waals surface area contributed by atoms with Crippen LogP contribution >= 0.6 is 12.2 Å². The molecule has 28 heavy (non-hydrogen) atoms. The molecule has 7 nitrogen and oxygen atoms in total. The van der Waals surface area contributed by atoms with Crippen molar-refractivity contribution in [3.63, 3.8) is 0 Å². The Balaban J connectivity index is 0.000000300. The van der Waals surface area contributed by atoms with Gasteiger partial charge in [-0.05, 0) is 18.8 Å². The Labute approximate surface area is 170 Å². The average Bonchev–Trinajstić information content (AvgIpc) is 3.23. The minimum Gasteiger partial charge on any atom is -0.478 e. The Kier molecular flexibility index (Phi) is 9.13. The van der Waals surface area contributed by atoms with Gasteiger partial charge in [-0.25, -0.2) is 14.6 Å². The summed E-state index contributed by atoms with van der Waals surface area (Å²) in [6, 6.07) is 0. The van der Waals surface area contributed by atoms with Gasteiger partial charge in [-0.1, -0.05) is 44.3 Å². The zero-order valence-electron chi connectivity index (χ0n) is 16.0. The van der Waals surface area contributed by atoms with Crippen molar-refractivity contribution in [1.29, 1.82) is 0 Å². The molecule has 0 atom stereocenters. The maximum absolute atomic E-state index is 9.55. The number of piperidine rings is 1. The number of carboxylic acids is 2. The lowest BCUT2D eigenvalue weighted by Crippen LogP contribution is -2.38. The summed E-state index contributed by atoms with van der Waals surface area (Å²) in [4.78, 5) is 30.2. The Morgan fingerprint density at radius 3 is 2.21 bits per heavy atom. The van der Waals surface area contributed by atoms with Gasteiger partial charge in [-0.15, -0.1) is 0 Å². The molecule has 0 bridgehead atoms. The number of hydrogen-bond acceptors (Lipinski definition) is 4. The van der Waals surface area contributed by atoms with E-state index >= 15 is 0 Å². The summed E-state index contributed by atoms with van der Waals surface area (Å²) in [5, 5.41) is 15.6. The van der Waals surface area contributed by atoms with Gasteiger partial charge in [0.1, 0.15) is 0 Å². The van der Waals surface area contributed by atoms with E-state index in [-0.39, 0.29) is 0 Å². The van der Waals surface area contributed by atoms with Crippen LogP contribution < -0.4 is 0 Å². The minimum absolute atomic E-state index is 0.558. The van der Waals surface area contributed by atoms with Crippen LogP contribution in [-0.4, -0.2) is 55.1 Å². The molecule has 0 radical (unpaired) electrons. The van der Waals surface area contributed by atoms with Crippen molar-refractivity contribution >= 4 is 29.1 Å². The first kappa shape index (κ1) is 22.1. The van der Waals surface area contributed by atoms with Crippen LogP contribution in [0.2, 0.25) is 0 Å². The number of nitrogens with one attached hydrogen (secondary N) is 1. The molecule has 1 aliphatic carbocycles. The number of aromatic nitrogens is 2. The van der Waals surface area contributed by atoms with Crippen LogP contribution in [0.5, 0.6) is 0 Å². The zero-order valence-corrected chi connectivity index (χ0v) is 16.9. The highest BCUT2D eigenvalue weighted by molar-refractivity contribution is 7.80. The van der Waals surface area contributed by atoms with Gasteiger partial charge in [0.25, 0.3) is 0 Å². The SMILES string of the molecule is O=C(O)C=CC(=O)O.S=C(CC1CCCCC1)N1CCC(c2cnc[nH]2)CC1. The lowest BCUT2D eigenvalue weighted by molar-refractivity contribution is -0.134. The molecule has 2 aliphatic rings. The van der Waals surface area contributed by atoms with Crippen LogP contribution in [-0.2, 0) is 9.59 Å². The van der Waals surface area contributed by atoms with Crippen molar-refractivity contribution in [1.82, 2.24) is 14.9 Å². The smallest absolute Gasteiger partial charge is 0.328 e. The highest BCUT2D eigenvalue weighted by Gasteiger charge is 2.24. The van der Waals surface area contributed by atoms with E-state index in [1.54, 1.807) is 6.33 Å². The Bertz CT molecular complexity index is 645. The number of likely N-dealkylation sites (tertiary alicyclic amines) is 1. The van der Waals surface area contributed by atoms with E-state index in [0.29, 0.717) is 18.1 Å². The number of imidazole rings is 1. The van der Waals surface area contributed by atoms with E-state index < -0.39 is 11.9 Å². The van der Waals surface area contributed by atoms with E-state index in [2.05, 4.69) is 14.9 Å². The summed E-state index contributed by atoms with van der Waals surface area (Å²) < 4.78 is 0. The van der Waals surface area contributed by atoms with E-state index in [1.807, 2.05) is 6.20 Å². The van der Waals surface area contributed by atoms with Gasteiger partial charge in [0, 0.05) is 49.5 Å². The molecular weight excluding hydrogens is 378 g/mol.